The first kappa shape index (κ1) is 18.7. The highest BCUT2D eigenvalue weighted by Gasteiger charge is 2.17. The normalized spacial score (nSPS) is 11.7. The van der Waals surface area contributed by atoms with E-state index in [1.54, 1.807) is 12.1 Å². The predicted octanol–water partition coefficient (Wildman–Crippen LogP) is 2.96. The fraction of sp³-hybridized carbons (Fsp3) is 0.267. The van der Waals surface area contributed by atoms with E-state index in [9.17, 15) is 9.50 Å². The lowest BCUT2D eigenvalue weighted by Crippen LogP contribution is -2.14. The van der Waals surface area contributed by atoms with E-state index in [1.165, 1.54) is 19.2 Å². The van der Waals surface area contributed by atoms with Crippen LogP contribution in [0, 0.1) is 12.7 Å². The molecule has 0 spiro atoms. The maximum absolute atomic E-state index is 13.3. The van der Waals surface area contributed by atoms with Crippen LogP contribution in [-0.2, 0) is 0 Å². The highest BCUT2D eigenvalue weighted by molar-refractivity contribution is 7.59. The summed E-state index contributed by atoms with van der Waals surface area (Å²) in [6.07, 6.45) is -0.871. The lowest BCUT2D eigenvalue weighted by Gasteiger charge is -2.15. The van der Waals surface area contributed by atoms with Crippen LogP contribution in [0.3, 0.4) is 0 Å². The summed E-state index contributed by atoms with van der Waals surface area (Å²) in [4.78, 5) is 4.38. The van der Waals surface area contributed by atoms with Crippen molar-refractivity contribution in [3.8, 4) is 17.0 Å². The van der Waals surface area contributed by atoms with Crippen LogP contribution in [-0.4, -0.2) is 23.7 Å². The molecule has 0 amide bonds. The minimum absolute atomic E-state index is 0. The monoisotopic (exact) mass is 344 g/mol. The molecule has 0 aliphatic rings. The number of hydrogen-bond acceptors (Lipinski definition) is 4. The average Bonchev–Trinajstić information content (AvgIpc) is 2.48. The number of pyridine rings is 1. The number of halogens is 2. The van der Waals surface area contributed by atoms with E-state index in [0.29, 0.717) is 22.7 Å². The number of nitrogens with zero attached hydrogens (tertiary/aromatic N) is 1. The van der Waals surface area contributed by atoms with Gasteiger partial charge in [0.05, 0.1) is 17.8 Å². The van der Waals surface area contributed by atoms with E-state index in [2.05, 4.69) is 4.98 Å². The number of aliphatic hydroxyl groups excluding tert-OH is 1. The van der Waals surface area contributed by atoms with Crippen molar-refractivity contribution in [2.24, 2.45) is 5.73 Å². The summed E-state index contributed by atoms with van der Waals surface area (Å²) in [5.74, 6) is 0.0416. The van der Waals surface area contributed by atoms with Crippen molar-refractivity contribution < 1.29 is 14.2 Å². The molecular formula is C15H18ClFN2O2S. The van der Waals surface area contributed by atoms with Crippen LogP contribution in [0.5, 0.6) is 5.75 Å². The van der Waals surface area contributed by atoms with Crippen LogP contribution in [0.2, 0.25) is 5.02 Å². The van der Waals surface area contributed by atoms with E-state index in [0.717, 1.165) is 5.56 Å². The summed E-state index contributed by atoms with van der Waals surface area (Å²) >= 11 is 5.82. The van der Waals surface area contributed by atoms with Crippen molar-refractivity contribution in [1.82, 2.24) is 4.98 Å². The van der Waals surface area contributed by atoms with Gasteiger partial charge in [-0.3, -0.25) is 0 Å². The van der Waals surface area contributed by atoms with Gasteiger partial charge in [0.1, 0.15) is 23.4 Å². The van der Waals surface area contributed by atoms with E-state index < -0.39 is 11.9 Å². The number of methoxy groups -OCH3 is 1. The van der Waals surface area contributed by atoms with Crippen molar-refractivity contribution in [3.05, 3.63) is 46.4 Å². The average molecular weight is 345 g/mol. The van der Waals surface area contributed by atoms with Gasteiger partial charge in [0.2, 0.25) is 0 Å². The first-order chi connectivity index (χ1) is 9.97. The Hall–Kier alpha value is -1.34. The number of aryl methyl sites for hydroxylation is 1. The number of benzene rings is 1. The molecule has 1 heterocycles. The number of hydrogen-bond donors (Lipinski definition) is 2. The lowest BCUT2D eigenvalue weighted by molar-refractivity contribution is 0.182. The Morgan fingerprint density at radius 2 is 2.09 bits per heavy atom. The molecule has 120 valence electrons. The molecule has 1 unspecified atom stereocenters. The first-order valence-electron chi connectivity index (χ1n) is 6.37. The van der Waals surface area contributed by atoms with E-state index in [4.69, 9.17) is 22.1 Å². The van der Waals surface area contributed by atoms with Crippen LogP contribution >= 0.6 is 25.1 Å². The standard InChI is InChI=1S/C15H16ClFN2O2.H2S/c1-8-5-12(13(20)7-18)19-14(15(8)21-2)9-3-4-11(17)10(16)6-9;/h3-6,13,20H,7,18H2,1-2H3;1H2. The molecule has 2 rings (SSSR count). The molecule has 7 heteroatoms. The third-order valence-electron chi connectivity index (χ3n) is 3.14. The minimum atomic E-state index is -0.871. The zero-order chi connectivity index (χ0) is 15.6. The molecule has 0 aliphatic carbocycles. The highest BCUT2D eigenvalue weighted by Crippen LogP contribution is 2.34. The molecule has 1 aromatic carbocycles. The molecule has 4 nitrogen and oxygen atoms in total. The van der Waals surface area contributed by atoms with Crippen molar-refractivity contribution >= 4 is 25.1 Å². The van der Waals surface area contributed by atoms with Crippen LogP contribution in [0.1, 0.15) is 17.4 Å². The van der Waals surface area contributed by atoms with Gasteiger partial charge < -0.3 is 15.6 Å². The van der Waals surface area contributed by atoms with Crippen molar-refractivity contribution in [3.63, 3.8) is 0 Å². The molecule has 3 N–H and O–H groups in total. The molecule has 0 bridgehead atoms. The Bertz CT molecular complexity index is 670. The van der Waals surface area contributed by atoms with Crippen LogP contribution in [0.4, 0.5) is 4.39 Å². The van der Waals surface area contributed by atoms with Gasteiger partial charge in [-0.25, -0.2) is 9.37 Å². The van der Waals surface area contributed by atoms with Gasteiger partial charge in [0.15, 0.2) is 0 Å². The molecule has 0 aliphatic heterocycles. The van der Waals surface area contributed by atoms with Crippen LogP contribution < -0.4 is 10.5 Å². The molecule has 22 heavy (non-hydrogen) atoms. The predicted molar refractivity (Wildman–Crippen MR) is 90.3 cm³/mol. The second-order valence-corrected chi connectivity index (χ2v) is 5.03. The van der Waals surface area contributed by atoms with Gasteiger partial charge in [-0.05, 0) is 36.8 Å². The summed E-state index contributed by atoms with van der Waals surface area (Å²) in [5, 5.41) is 9.87. The Labute approximate surface area is 140 Å². The zero-order valence-electron chi connectivity index (χ0n) is 12.2. The first-order valence-corrected chi connectivity index (χ1v) is 6.74. The number of aromatic nitrogens is 1. The molecule has 0 saturated heterocycles. The molecule has 0 fully saturated rings. The molecular weight excluding hydrogens is 327 g/mol. The number of nitrogens with two attached hydrogens (primary N) is 1. The third-order valence-corrected chi connectivity index (χ3v) is 3.43. The number of ether oxygens (including phenoxy) is 1. The minimum Gasteiger partial charge on any atom is -0.494 e. The Kier molecular flexibility index (Phi) is 6.62. The molecule has 1 aromatic heterocycles. The Morgan fingerprint density at radius 1 is 1.41 bits per heavy atom. The molecule has 1 atom stereocenters. The SMILES string of the molecule is COc1c(C)cc(C(O)CN)nc1-c1ccc(F)c(Cl)c1.S. The lowest BCUT2D eigenvalue weighted by atomic mass is 10.1. The zero-order valence-corrected chi connectivity index (χ0v) is 14.0. The van der Waals surface area contributed by atoms with Gasteiger partial charge in [-0.15, -0.1) is 0 Å². The fourth-order valence-electron chi connectivity index (χ4n) is 2.07. The van der Waals surface area contributed by atoms with Crippen molar-refractivity contribution in [1.29, 1.82) is 0 Å². The van der Waals surface area contributed by atoms with Gasteiger partial charge >= 0.3 is 0 Å². The summed E-state index contributed by atoms with van der Waals surface area (Å²) < 4.78 is 18.7. The van der Waals surface area contributed by atoms with Gasteiger partial charge in [-0.2, -0.15) is 13.5 Å². The van der Waals surface area contributed by atoms with Gasteiger partial charge in [0.25, 0.3) is 0 Å². The number of rotatable bonds is 4. The van der Waals surface area contributed by atoms with Crippen LogP contribution in [0.25, 0.3) is 11.3 Å². The maximum atomic E-state index is 13.3. The quantitative estimate of drug-likeness (QED) is 0.894. The Balaban J connectivity index is 0.00000242. The van der Waals surface area contributed by atoms with Crippen LogP contribution in [0.15, 0.2) is 24.3 Å². The van der Waals surface area contributed by atoms with Gasteiger partial charge in [-0.1, -0.05) is 11.6 Å². The van der Waals surface area contributed by atoms with E-state index in [1.807, 2.05) is 6.92 Å². The molecule has 0 saturated carbocycles. The second kappa shape index (κ2) is 7.78. The maximum Gasteiger partial charge on any atom is 0.148 e. The second-order valence-electron chi connectivity index (χ2n) is 4.63. The number of aliphatic hydroxyl groups is 1. The largest absolute Gasteiger partial charge is 0.494 e. The smallest absolute Gasteiger partial charge is 0.148 e. The van der Waals surface area contributed by atoms with E-state index in [-0.39, 0.29) is 25.1 Å². The van der Waals surface area contributed by atoms with Crippen molar-refractivity contribution in [2.45, 2.75) is 13.0 Å². The highest BCUT2D eigenvalue weighted by atomic mass is 35.5. The van der Waals surface area contributed by atoms with Crippen molar-refractivity contribution in [2.75, 3.05) is 13.7 Å². The summed E-state index contributed by atoms with van der Waals surface area (Å²) in [5.41, 5.74) is 7.79. The van der Waals surface area contributed by atoms with Gasteiger partial charge in [0, 0.05) is 12.1 Å². The topological polar surface area (TPSA) is 68.4 Å². The summed E-state index contributed by atoms with van der Waals surface area (Å²) in [6.45, 7) is 1.89. The third kappa shape index (κ3) is 3.70. The molecule has 0 radical (unpaired) electrons. The Morgan fingerprint density at radius 3 is 2.64 bits per heavy atom. The fourth-order valence-corrected chi connectivity index (χ4v) is 2.26. The van der Waals surface area contributed by atoms with E-state index >= 15 is 0 Å². The summed E-state index contributed by atoms with van der Waals surface area (Å²) in [7, 11) is 1.53. The summed E-state index contributed by atoms with van der Waals surface area (Å²) in [6, 6.07) is 6.01. The molecule has 2 aromatic rings.